The van der Waals surface area contributed by atoms with Crippen molar-refractivity contribution >= 4 is 22.9 Å². The van der Waals surface area contributed by atoms with Crippen LogP contribution < -0.4 is 10.1 Å². The lowest BCUT2D eigenvalue weighted by Crippen LogP contribution is -2.35. The molecule has 34 heavy (non-hydrogen) atoms. The molecule has 1 saturated carbocycles. The SMILES string of the molecule is COc1cc(-c2cncc(-c3cc(NC(=O)CC4CCC4)cs3)n2)ccc1CN1CCOCC1. The van der Waals surface area contributed by atoms with Gasteiger partial charge in [-0.05, 0) is 30.9 Å². The molecule has 1 saturated heterocycles. The van der Waals surface area contributed by atoms with E-state index in [9.17, 15) is 4.79 Å². The third kappa shape index (κ3) is 5.46. The molecule has 5 rings (SSSR count). The summed E-state index contributed by atoms with van der Waals surface area (Å²) in [4.78, 5) is 24.9. The minimum atomic E-state index is 0.0955. The van der Waals surface area contributed by atoms with Crippen LogP contribution in [0.25, 0.3) is 21.8 Å². The summed E-state index contributed by atoms with van der Waals surface area (Å²) in [6.07, 6.45) is 7.74. The van der Waals surface area contributed by atoms with Gasteiger partial charge in [0.2, 0.25) is 5.91 Å². The van der Waals surface area contributed by atoms with Gasteiger partial charge in [-0.15, -0.1) is 11.3 Å². The van der Waals surface area contributed by atoms with E-state index < -0.39 is 0 Å². The topological polar surface area (TPSA) is 76.6 Å². The number of carbonyl (C=O) groups is 1. The van der Waals surface area contributed by atoms with Crippen molar-refractivity contribution in [2.45, 2.75) is 32.2 Å². The number of hydrogen-bond donors (Lipinski definition) is 1. The number of nitrogens with zero attached hydrogens (tertiary/aromatic N) is 3. The fraction of sp³-hybridized carbons (Fsp3) is 0.423. The Kier molecular flexibility index (Phi) is 7.18. The first-order valence-electron chi connectivity index (χ1n) is 11.9. The van der Waals surface area contributed by atoms with Crippen LogP contribution in [0.15, 0.2) is 42.0 Å². The number of aromatic nitrogens is 2. The Labute approximate surface area is 204 Å². The molecule has 3 heterocycles. The van der Waals surface area contributed by atoms with Gasteiger partial charge in [0.25, 0.3) is 0 Å². The zero-order valence-corrected chi connectivity index (χ0v) is 20.3. The summed E-state index contributed by atoms with van der Waals surface area (Å²) in [5.74, 6) is 1.50. The van der Waals surface area contributed by atoms with Gasteiger partial charge in [0, 0.05) is 42.6 Å². The molecule has 0 radical (unpaired) electrons. The van der Waals surface area contributed by atoms with E-state index in [0.717, 1.165) is 71.7 Å². The van der Waals surface area contributed by atoms with E-state index in [4.69, 9.17) is 14.5 Å². The van der Waals surface area contributed by atoms with E-state index in [-0.39, 0.29) is 5.91 Å². The molecule has 7 nitrogen and oxygen atoms in total. The van der Waals surface area contributed by atoms with Crippen LogP contribution in [-0.4, -0.2) is 54.2 Å². The van der Waals surface area contributed by atoms with Gasteiger partial charge in [-0.1, -0.05) is 18.6 Å². The largest absolute Gasteiger partial charge is 0.496 e. The molecule has 2 aromatic heterocycles. The van der Waals surface area contributed by atoms with Crippen molar-refractivity contribution in [1.29, 1.82) is 0 Å². The molecule has 1 aliphatic carbocycles. The molecule has 0 atom stereocenters. The zero-order valence-electron chi connectivity index (χ0n) is 19.5. The first kappa shape index (κ1) is 23.0. The van der Waals surface area contributed by atoms with Crippen LogP contribution in [0.3, 0.4) is 0 Å². The number of benzene rings is 1. The number of hydrogen-bond acceptors (Lipinski definition) is 7. The van der Waals surface area contributed by atoms with Gasteiger partial charge in [-0.3, -0.25) is 14.7 Å². The third-order valence-corrected chi connectivity index (χ3v) is 7.50. The van der Waals surface area contributed by atoms with Crippen LogP contribution >= 0.6 is 11.3 Å². The molecule has 1 N–H and O–H groups in total. The lowest BCUT2D eigenvalue weighted by atomic mass is 9.83. The summed E-state index contributed by atoms with van der Waals surface area (Å²) < 4.78 is 11.2. The first-order chi connectivity index (χ1) is 16.7. The molecule has 2 aliphatic rings. The lowest BCUT2D eigenvalue weighted by Gasteiger charge is -2.27. The minimum Gasteiger partial charge on any atom is -0.496 e. The zero-order chi connectivity index (χ0) is 23.3. The summed E-state index contributed by atoms with van der Waals surface area (Å²) >= 11 is 1.56. The molecule has 1 amide bonds. The Morgan fingerprint density at radius 2 is 2.03 bits per heavy atom. The van der Waals surface area contributed by atoms with Crippen LogP contribution in [0.4, 0.5) is 5.69 Å². The van der Waals surface area contributed by atoms with Gasteiger partial charge < -0.3 is 14.8 Å². The number of amides is 1. The average Bonchev–Trinajstić information content (AvgIpc) is 3.31. The number of methoxy groups -OCH3 is 1. The Balaban J connectivity index is 1.30. The lowest BCUT2D eigenvalue weighted by molar-refractivity contribution is -0.117. The minimum absolute atomic E-state index is 0.0955. The van der Waals surface area contributed by atoms with Gasteiger partial charge >= 0.3 is 0 Å². The number of ether oxygens (including phenoxy) is 2. The van der Waals surface area contributed by atoms with Crippen molar-refractivity contribution in [2.24, 2.45) is 5.92 Å². The second kappa shape index (κ2) is 10.6. The van der Waals surface area contributed by atoms with Crippen molar-refractivity contribution in [3.8, 4) is 27.6 Å². The smallest absolute Gasteiger partial charge is 0.224 e. The molecule has 8 heteroatoms. The van der Waals surface area contributed by atoms with E-state index in [1.54, 1.807) is 30.8 Å². The van der Waals surface area contributed by atoms with Crippen LogP contribution in [0.2, 0.25) is 0 Å². The van der Waals surface area contributed by atoms with E-state index in [1.807, 2.05) is 17.5 Å². The molecule has 178 valence electrons. The van der Waals surface area contributed by atoms with Crippen LogP contribution in [0.5, 0.6) is 5.75 Å². The van der Waals surface area contributed by atoms with Crippen LogP contribution in [-0.2, 0) is 16.1 Å². The molecule has 0 bridgehead atoms. The molecule has 0 unspecified atom stereocenters. The second-order valence-electron chi connectivity index (χ2n) is 8.95. The molecule has 1 aliphatic heterocycles. The number of nitrogens with one attached hydrogen (secondary N) is 1. The molecular formula is C26H30N4O3S. The van der Waals surface area contributed by atoms with Crippen molar-refractivity contribution in [2.75, 3.05) is 38.7 Å². The predicted molar refractivity (Wildman–Crippen MR) is 134 cm³/mol. The first-order valence-corrected chi connectivity index (χ1v) is 12.7. The number of thiophene rings is 1. The quantitative estimate of drug-likeness (QED) is 0.499. The number of carbonyl (C=O) groups excluding carboxylic acids is 1. The Hall–Kier alpha value is -2.81. The average molecular weight is 479 g/mol. The van der Waals surface area contributed by atoms with E-state index >= 15 is 0 Å². The summed E-state index contributed by atoms with van der Waals surface area (Å²) in [6, 6.07) is 8.19. The molecule has 3 aromatic rings. The fourth-order valence-corrected chi connectivity index (χ4v) is 5.16. The predicted octanol–water partition coefficient (Wildman–Crippen LogP) is 4.84. The highest BCUT2D eigenvalue weighted by Gasteiger charge is 2.21. The standard InChI is InChI=1S/C26H30N4O3S/c1-32-24-12-19(5-6-20(24)16-30-7-9-33-10-8-30)22-14-27-15-23(29-22)25-13-21(17-34-25)28-26(31)11-18-3-2-4-18/h5-6,12-15,17-18H,2-4,7-11,16H2,1H3,(H,28,31). The molecule has 1 aromatic carbocycles. The highest BCUT2D eigenvalue weighted by atomic mass is 32.1. The highest BCUT2D eigenvalue weighted by molar-refractivity contribution is 7.14. The maximum atomic E-state index is 12.3. The van der Waals surface area contributed by atoms with E-state index in [2.05, 4.69) is 27.3 Å². The van der Waals surface area contributed by atoms with Crippen molar-refractivity contribution < 1.29 is 14.3 Å². The maximum Gasteiger partial charge on any atom is 0.224 e. The van der Waals surface area contributed by atoms with Gasteiger partial charge in [0.15, 0.2) is 0 Å². The van der Waals surface area contributed by atoms with Crippen molar-refractivity contribution in [1.82, 2.24) is 14.9 Å². The summed E-state index contributed by atoms with van der Waals surface area (Å²) in [5, 5.41) is 4.99. The number of morpholine rings is 1. The fourth-order valence-electron chi connectivity index (χ4n) is 4.37. The van der Waals surface area contributed by atoms with Gasteiger partial charge in [-0.25, -0.2) is 4.98 Å². The molecule has 0 spiro atoms. The van der Waals surface area contributed by atoms with Gasteiger partial charge in [-0.2, -0.15) is 0 Å². The number of anilines is 1. The van der Waals surface area contributed by atoms with Crippen molar-refractivity contribution in [3.05, 3.63) is 47.6 Å². The summed E-state index contributed by atoms with van der Waals surface area (Å²) in [7, 11) is 1.70. The number of rotatable bonds is 8. The Bertz CT molecular complexity index is 1140. The maximum absolute atomic E-state index is 12.3. The third-order valence-electron chi connectivity index (χ3n) is 6.55. The summed E-state index contributed by atoms with van der Waals surface area (Å²) in [5.41, 5.74) is 4.52. The molecule has 2 fully saturated rings. The summed E-state index contributed by atoms with van der Waals surface area (Å²) in [6.45, 7) is 4.25. The van der Waals surface area contributed by atoms with E-state index in [1.165, 1.54) is 19.3 Å². The Morgan fingerprint density at radius 1 is 1.21 bits per heavy atom. The second-order valence-corrected chi connectivity index (χ2v) is 9.86. The molecular weight excluding hydrogens is 448 g/mol. The normalized spacial score (nSPS) is 16.7. The van der Waals surface area contributed by atoms with E-state index in [0.29, 0.717) is 12.3 Å². The van der Waals surface area contributed by atoms with Gasteiger partial charge in [0.1, 0.15) is 5.75 Å². The van der Waals surface area contributed by atoms with Crippen LogP contribution in [0.1, 0.15) is 31.2 Å². The Morgan fingerprint density at radius 3 is 2.79 bits per heavy atom. The van der Waals surface area contributed by atoms with Crippen molar-refractivity contribution in [3.63, 3.8) is 0 Å². The van der Waals surface area contributed by atoms with Gasteiger partial charge in [0.05, 0.1) is 54.7 Å². The van der Waals surface area contributed by atoms with Crippen LogP contribution in [0, 0.1) is 5.92 Å². The highest BCUT2D eigenvalue weighted by Crippen LogP contribution is 2.33. The monoisotopic (exact) mass is 478 g/mol.